The number of pyridine rings is 2. The van der Waals surface area contributed by atoms with Crippen LogP contribution < -0.4 is 14.0 Å². The van der Waals surface area contributed by atoms with Gasteiger partial charge < -0.3 is 9.80 Å². The third kappa shape index (κ3) is 8.28. The maximum atomic E-state index is 2.43. The molecular formula is C38H46N4S2+2. The van der Waals surface area contributed by atoms with Crippen molar-refractivity contribution in [2.75, 3.05) is 43.6 Å². The first kappa shape index (κ1) is 30.8. The van der Waals surface area contributed by atoms with Crippen LogP contribution in [0.1, 0.15) is 47.9 Å². The summed E-state index contributed by atoms with van der Waals surface area (Å²) < 4.78 is 4.58. The Hall–Kier alpha value is -3.22. The zero-order valence-electron chi connectivity index (χ0n) is 26.3. The van der Waals surface area contributed by atoms with Crippen LogP contribution in [-0.4, -0.2) is 43.6 Å². The van der Waals surface area contributed by atoms with E-state index in [1.54, 1.807) is 0 Å². The molecule has 4 heterocycles. The van der Waals surface area contributed by atoms with Gasteiger partial charge in [0.2, 0.25) is 0 Å². The number of benzene rings is 1. The largest absolute Gasteiger partial charge is 0.378 e. The van der Waals surface area contributed by atoms with Crippen LogP contribution in [0, 0.1) is 5.92 Å². The summed E-state index contributed by atoms with van der Waals surface area (Å²) in [6, 6.07) is 15.7. The van der Waals surface area contributed by atoms with Crippen LogP contribution in [0.3, 0.4) is 0 Å². The molecule has 1 atom stereocenters. The van der Waals surface area contributed by atoms with Gasteiger partial charge in [0, 0.05) is 68.8 Å². The van der Waals surface area contributed by atoms with Gasteiger partial charge in [0.25, 0.3) is 0 Å². The molecule has 6 rings (SSSR count). The van der Waals surface area contributed by atoms with Crippen molar-refractivity contribution in [1.29, 1.82) is 0 Å². The number of aromatic nitrogens is 2. The first-order valence-corrected chi connectivity index (χ1v) is 18.6. The van der Waals surface area contributed by atoms with E-state index in [9.17, 15) is 0 Å². The highest BCUT2D eigenvalue weighted by Crippen LogP contribution is 2.34. The quantitative estimate of drug-likeness (QED) is 0.125. The summed E-state index contributed by atoms with van der Waals surface area (Å²) in [5.41, 5.74) is 9.62. The second-order valence-corrected chi connectivity index (χ2v) is 15.0. The lowest BCUT2D eigenvalue weighted by Gasteiger charge is -2.36. The van der Waals surface area contributed by atoms with Crippen molar-refractivity contribution < 1.29 is 9.13 Å². The van der Waals surface area contributed by atoms with Crippen molar-refractivity contribution in [2.45, 2.75) is 45.2 Å². The SMILES string of the molecule is CN1CCCC2CC(/C=C/c3cc[n+](CCSSCC[n+]4ccc(/C=C/c5ccc6c(c5)CCCN6C)cc4)cc3)=CC=C21. The molecule has 0 spiro atoms. The monoisotopic (exact) mass is 622 g/mol. The molecule has 0 bridgehead atoms. The van der Waals surface area contributed by atoms with Crippen LogP contribution in [0.25, 0.3) is 18.2 Å². The number of hydrogen-bond acceptors (Lipinski definition) is 4. The Morgan fingerprint density at radius 3 is 2.07 bits per heavy atom. The van der Waals surface area contributed by atoms with Crippen LogP contribution in [0.5, 0.6) is 0 Å². The Labute approximate surface area is 272 Å². The summed E-state index contributed by atoms with van der Waals surface area (Å²) in [6.45, 7) is 4.42. The molecule has 0 N–H and O–H groups in total. The molecule has 0 saturated carbocycles. The summed E-state index contributed by atoms with van der Waals surface area (Å²) in [7, 11) is 8.36. The van der Waals surface area contributed by atoms with Crippen LogP contribution in [-0.2, 0) is 19.5 Å². The number of rotatable bonds is 11. The van der Waals surface area contributed by atoms with Crippen molar-refractivity contribution in [3.8, 4) is 0 Å². The van der Waals surface area contributed by atoms with Gasteiger partial charge in [-0.15, -0.1) is 0 Å². The minimum Gasteiger partial charge on any atom is -0.378 e. The van der Waals surface area contributed by atoms with Crippen molar-refractivity contribution >= 4 is 45.5 Å². The number of anilines is 1. The highest BCUT2D eigenvalue weighted by Gasteiger charge is 2.24. The standard InChI is InChI=1S/C38H46N4S2/c1-39-19-3-5-35-29-33(11-13-37(35)39)9-7-31-15-21-41(22-16-31)25-27-43-44-28-26-42-23-17-32(18-24-42)8-10-34-12-14-38-36(30-34)6-4-20-40(38)2/h7-18,21-24,29,36H,3-6,19-20,25-28,30H2,1-2H3/q+2. The van der Waals surface area contributed by atoms with Crippen molar-refractivity contribution in [3.63, 3.8) is 0 Å². The number of likely N-dealkylation sites (tertiary alicyclic amines) is 1. The van der Waals surface area contributed by atoms with E-state index in [0.717, 1.165) is 31.1 Å². The third-order valence-corrected chi connectivity index (χ3v) is 11.4. The molecule has 1 saturated heterocycles. The van der Waals surface area contributed by atoms with Gasteiger partial charge >= 0.3 is 0 Å². The van der Waals surface area contributed by atoms with E-state index in [-0.39, 0.29) is 0 Å². The van der Waals surface area contributed by atoms with Crippen LogP contribution in [0.4, 0.5) is 5.69 Å². The number of hydrogen-bond donors (Lipinski definition) is 0. The minimum atomic E-state index is 0.701. The highest BCUT2D eigenvalue weighted by molar-refractivity contribution is 8.76. The van der Waals surface area contributed by atoms with Gasteiger partial charge in [-0.05, 0) is 78.1 Å². The molecule has 1 unspecified atom stereocenters. The van der Waals surface area contributed by atoms with Crippen molar-refractivity contribution in [3.05, 3.63) is 119 Å². The van der Waals surface area contributed by atoms with Crippen LogP contribution in [0.15, 0.2) is 96.8 Å². The Balaban J connectivity index is 0.879. The summed E-state index contributed by atoms with van der Waals surface area (Å²) in [5.74, 6) is 2.91. The second kappa shape index (κ2) is 15.2. The maximum Gasteiger partial charge on any atom is 0.169 e. The topological polar surface area (TPSA) is 14.2 Å². The molecular weight excluding hydrogens is 577 g/mol. The van der Waals surface area contributed by atoms with E-state index in [0.29, 0.717) is 5.92 Å². The van der Waals surface area contributed by atoms with Gasteiger partial charge in [0.1, 0.15) is 0 Å². The summed E-state index contributed by atoms with van der Waals surface area (Å²) in [5, 5.41) is 0. The lowest BCUT2D eigenvalue weighted by Crippen LogP contribution is -2.34. The molecule has 228 valence electrons. The Morgan fingerprint density at radius 1 is 0.727 bits per heavy atom. The Kier molecular flexibility index (Phi) is 10.6. The zero-order chi connectivity index (χ0) is 30.1. The number of fused-ring (bicyclic) bond motifs is 2. The van der Waals surface area contributed by atoms with Crippen LogP contribution >= 0.6 is 21.6 Å². The van der Waals surface area contributed by atoms with E-state index in [2.05, 4.69) is 137 Å². The fourth-order valence-corrected chi connectivity index (χ4v) is 8.43. The fraction of sp³-hybridized carbons (Fsp3) is 0.368. The van der Waals surface area contributed by atoms with Gasteiger partial charge in [-0.2, -0.15) is 0 Å². The van der Waals surface area contributed by atoms with E-state index >= 15 is 0 Å². The molecule has 44 heavy (non-hydrogen) atoms. The Morgan fingerprint density at radius 2 is 1.36 bits per heavy atom. The third-order valence-electron chi connectivity index (χ3n) is 9.05. The van der Waals surface area contributed by atoms with E-state index in [1.807, 2.05) is 21.6 Å². The van der Waals surface area contributed by atoms with Gasteiger partial charge in [-0.1, -0.05) is 58.0 Å². The van der Waals surface area contributed by atoms with E-state index in [1.165, 1.54) is 77.9 Å². The predicted molar refractivity (Wildman–Crippen MR) is 190 cm³/mol. The van der Waals surface area contributed by atoms with Crippen molar-refractivity contribution in [1.82, 2.24) is 4.90 Å². The molecule has 0 amide bonds. The molecule has 1 fully saturated rings. The number of aryl methyl sites for hydroxylation is 3. The fourth-order valence-electron chi connectivity index (χ4n) is 6.47. The molecule has 2 aliphatic heterocycles. The first-order chi connectivity index (χ1) is 21.6. The smallest absolute Gasteiger partial charge is 0.169 e. The van der Waals surface area contributed by atoms with Crippen molar-refractivity contribution in [2.24, 2.45) is 5.92 Å². The Bertz CT molecular complexity index is 1520. The molecule has 1 aromatic carbocycles. The molecule has 6 heteroatoms. The average molecular weight is 623 g/mol. The normalized spacial score (nSPS) is 18.4. The summed E-state index contributed by atoms with van der Waals surface area (Å²) in [6.07, 6.45) is 28.7. The first-order valence-electron chi connectivity index (χ1n) is 16.2. The minimum absolute atomic E-state index is 0.701. The van der Waals surface area contributed by atoms with E-state index < -0.39 is 0 Å². The average Bonchev–Trinajstić information content (AvgIpc) is 3.05. The summed E-state index contributed by atoms with van der Waals surface area (Å²) >= 11 is 0. The van der Waals surface area contributed by atoms with Gasteiger partial charge in [-0.25, -0.2) is 9.13 Å². The molecule has 4 nitrogen and oxygen atoms in total. The molecule has 3 aliphatic rings. The lowest BCUT2D eigenvalue weighted by molar-refractivity contribution is -0.692. The predicted octanol–water partition coefficient (Wildman–Crippen LogP) is 7.47. The van der Waals surface area contributed by atoms with Gasteiger partial charge in [0.15, 0.2) is 37.9 Å². The van der Waals surface area contributed by atoms with E-state index in [4.69, 9.17) is 0 Å². The maximum absolute atomic E-state index is 2.43. The number of nitrogens with zero attached hydrogens (tertiary/aromatic N) is 4. The molecule has 0 radical (unpaired) electrons. The molecule has 3 aromatic rings. The lowest BCUT2D eigenvalue weighted by atomic mass is 9.84. The highest BCUT2D eigenvalue weighted by atomic mass is 33.1. The zero-order valence-corrected chi connectivity index (χ0v) is 27.9. The second-order valence-electron chi connectivity index (χ2n) is 12.3. The van der Waals surface area contributed by atoms with Gasteiger partial charge in [0.05, 0.1) is 11.5 Å². The molecule has 1 aliphatic carbocycles. The number of allylic oxidation sites excluding steroid dienone is 5. The van der Waals surface area contributed by atoms with Crippen LogP contribution in [0.2, 0.25) is 0 Å². The number of piperidine rings is 1. The summed E-state index contributed by atoms with van der Waals surface area (Å²) in [4.78, 5) is 4.80. The molecule has 2 aromatic heterocycles. The van der Waals surface area contributed by atoms with Gasteiger partial charge in [-0.3, -0.25) is 0 Å².